The van der Waals surface area contributed by atoms with Crippen LogP contribution in [0.25, 0.3) is 5.65 Å². The van der Waals surface area contributed by atoms with E-state index in [0.29, 0.717) is 6.54 Å². The molecule has 0 unspecified atom stereocenters. The van der Waals surface area contributed by atoms with Gasteiger partial charge in [-0.3, -0.25) is 0 Å². The van der Waals surface area contributed by atoms with Crippen molar-refractivity contribution >= 4 is 18.1 Å². The maximum absolute atomic E-state index is 5.57. The van der Waals surface area contributed by atoms with E-state index in [2.05, 4.69) is 9.38 Å². The average molecular weight is 198 g/mol. The molecule has 0 amide bonds. The van der Waals surface area contributed by atoms with Crippen LogP contribution < -0.4 is 5.73 Å². The third-order valence-corrected chi connectivity index (χ3v) is 2.01. The zero-order valence-corrected chi connectivity index (χ0v) is 8.21. The van der Waals surface area contributed by atoms with Gasteiger partial charge >= 0.3 is 0 Å². The van der Waals surface area contributed by atoms with Crippen LogP contribution in [-0.2, 0) is 6.54 Å². The summed E-state index contributed by atoms with van der Waals surface area (Å²) >= 11 is 0. The number of imidazole rings is 1. The molecular formula is C9H12ClN3. The number of halogens is 1. The third-order valence-electron chi connectivity index (χ3n) is 2.01. The van der Waals surface area contributed by atoms with Crippen LogP contribution >= 0.6 is 12.4 Å². The first kappa shape index (κ1) is 10.0. The number of fused-ring (bicyclic) bond motifs is 1. The smallest absolute Gasteiger partial charge is 0.137 e. The number of nitrogens with two attached hydrogens (primary N) is 1. The van der Waals surface area contributed by atoms with E-state index in [4.69, 9.17) is 5.73 Å². The van der Waals surface area contributed by atoms with Crippen LogP contribution in [0.4, 0.5) is 0 Å². The minimum atomic E-state index is 0. The number of hydrogen-bond donors (Lipinski definition) is 1. The predicted octanol–water partition coefficient (Wildman–Crippen LogP) is 1.52. The molecule has 0 aliphatic heterocycles. The number of nitrogens with zero attached hydrogens (tertiary/aromatic N) is 2. The number of aryl methyl sites for hydroxylation is 1. The summed E-state index contributed by atoms with van der Waals surface area (Å²) in [4.78, 5) is 4.23. The second-order valence-corrected chi connectivity index (χ2v) is 2.81. The highest BCUT2D eigenvalue weighted by Gasteiger charge is 2.01. The topological polar surface area (TPSA) is 43.3 Å². The third kappa shape index (κ3) is 1.53. The van der Waals surface area contributed by atoms with Crippen LogP contribution in [0.3, 0.4) is 0 Å². The van der Waals surface area contributed by atoms with E-state index in [1.165, 1.54) is 5.69 Å². The lowest BCUT2D eigenvalue weighted by Crippen LogP contribution is -2.02. The molecule has 0 aliphatic carbocycles. The van der Waals surface area contributed by atoms with E-state index in [0.717, 1.165) is 11.3 Å². The first-order valence-corrected chi connectivity index (χ1v) is 3.95. The highest BCUT2D eigenvalue weighted by molar-refractivity contribution is 5.85. The summed E-state index contributed by atoms with van der Waals surface area (Å²) in [6.45, 7) is 2.58. The Morgan fingerprint density at radius 3 is 2.92 bits per heavy atom. The summed E-state index contributed by atoms with van der Waals surface area (Å²) in [5.74, 6) is 0. The highest BCUT2D eigenvalue weighted by Crippen LogP contribution is 2.08. The molecule has 2 aromatic rings. The fourth-order valence-corrected chi connectivity index (χ4v) is 1.42. The Labute approximate surface area is 83.0 Å². The van der Waals surface area contributed by atoms with Gasteiger partial charge in [0.1, 0.15) is 5.65 Å². The second-order valence-electron chi connectivity index (χ2n) is 2.81. The summed E-state index contributed by atoms with van der Waals surface area (Å²) in [5, 5.41) is 0. The van der Waals surface area contributed by atoms with E-state index in [1.807, 2.05) is 31.3 Å². The zero-order valence-electron chi connectivity index (χ0n) is 7.40. The molecule has 0 aliphatic rings. The molecule has 0 spiro atoms. The second kappa shape index (κ2) is 3.77. The molecule has 2 heterocycles. The lowest BCUT2D eigenvalue weighted by molar-refractivity contribution is 0.933. The van der Waals surface area contributed by atoms with Crippen molar-refractivity contribution in [3.05, 3.63) is 35.8 Å². The Kier molecular flexibility index (Phi) is 2.90. The number of pyridine rings is 1. The Balaban J connectivity index is 0.000000845. The van der Waals surface area contributed by atoms with Crippen molar-refractivity contribution in [2.45, 2.75) is 13.5 Å². The molecule has 2 rings (SSSR count). The fourth-order valence-electron chi connectivity index (χ4n) is 1.42. The SMILES string of the molecule is Cc1cccc2ncc(CN)n12.Cl. The standard InChI is InChI=1S/C9H11N3.ClH/c1-7-3-2-4-9-11-6-8(5-10)12(7)9;/h2-4,6H,5,10H2,1H3;1H. The Bertz CT molecular complexity index is 408. The minimum Gasteiger partial charge on any atom is -0.325 e. The van der Waals surface area contributed by atoms with Crippen LogP contribution in [0.1, 0.15) is 11.4 Å². The number of rotatable bonds is 1. The van der Waals surface area contributed by atoms with Crippen LogP contribution in [-0.4, -0.2) is 9.38 Å². The van der Waals surface area contributed by atoms with E-state index < -0.39 is 0 Å². The molecule has 13 heavy (non-hydrogen) atoms. The van der Waals surface area contributed by atoms with E-state index in [9.17, 15) is 0 Å². The molecule has 0 saturated heterocycles. The van der Waals surface area contributed by atoms with Gasteiger partial charge in [0.15, 0.2) is 0 Å². The summed E-state index contributed by atoms with van der Waals surface area (Å²) < 4.78 is 2.07. The van der Waals surface area contributed by atoms with Gasteiger partial charge in [0, 0.05) is 12.2 Å². The van der Waals surface area contributed by atoms with Gasteiger partial charge in [-0.1, -0.05) is 6.07 Å². The van der Waals surface area contributed by atoms with Gasteiger partial charge in [-0.05, 0) is 19.1 Å². The van der Waals surface area contributed by atoms with Crippen molar-refractivity contribution < 1.29 is 0 Å². The first-order chi connectivity index (χ1) is 5.83. The van der Waals surface area contributed by atoms with Crippen LogP contribution in [0.2, 0.25) is 0 Å². The first-order valence-electron chi connectivity index (χ1n) is 3.95. The molecule has 4 heteroatoms. The lowest BCUT2D eigenvalue weighted by Gasteiger charge is -2.01. The van der Waals surface area contributed by atoms with Crippen LogP contribution in [0, 0.1) is 6.92 Å². The Morgan fingerprint density at radius 1 is 1.46 bits per heavy atom. The minimum absolute atomic E-state index is 0. The number of hydrogen-bond acceptors (Lipinski definition) is 2. The van der Waals surface area contributed by atoms with Crippen molar-refractivity contribution in [2.24, 2.45) is 5.73 Å². The van der Waals surface area contributed by atoms with Gasteiger partial charge in [0.05, 0.1) is 11.9 Å². The molecule has 2 N–H and O–H groups in total. The van der Waals surface area contributed by atoms with E-state index in [-0.39, 0.29) is 12.4 Å². The quantitative estimate of drug-likeness (QED) is 0.754. The van der Waals surface area contributed by atoms with Crippen molar-refractivity contribution in [3.8, 4) is 0 Å². The van der Waals surface area contributed by atoms with Crippen LogP contribution in [0.15, 0.2) is 24.4 Å². The summed E-state index contributed by atoms with van der Waals surface area (Å²) in [6.07, 6.45) is 1.82. The van der Waals surface area contributed by atoms with E-state index in [1.54, 1.807) is 0 Å². The lowest BCUT2D eigenvalue weighted by atomic mass is 10.3. The largest absolute Gasteiger partial charge is 0.325 e. The van der Waals surface area contributed by atoms with Crippen molar-refractivity contribution in [2.75, 3.05) is 0 Å². The molecule has 0 saturated carbocycles. The van der Waals surface area contributed by atoms with Gasteiger partial charge in [0.2, 0.25) is 0 Å². The average Bonchev–Trinajstić information content (AvgIpc) is 2.49. The predicted molar refractivity (Wildman–Crippen MR) is 55.1 cm³/mol. The molecule has 0 radical (unpaired) electrons. The molecule has 3 nitrogen and oxygen atoms in total. The molecular weight excluding hydrogens is 186 g/mol. The van der Waals surface area contributed by atoms with Crippen molar-refractivity contribution in [3.63, 3.8) is 0 Å². The van der Waals surface area contributed by atoms with Gasteiger partial charge in [0.25, 0.3) is 0 Å². The van der Waals surface area contributed by atoms with Crippen LogP contribution in [0.5, 0.6) is 0 Å². The summed E-state index contributed by atoms with van der Waals surface area (Å²) in [7, 11) is 0. The fraction of sp³-hybridized carbons (Fsp3) is 0.222. The molecule has 2 aromatic heterocycles. The molecule has 0 bridgehead atoms. The number of aromatic nitrogens is 2. The molecule has 0 atom stereocenters. The van der Waals surface area contributed by atoms with Crippen molar-refractivity contribution in [1.29, 1.82) is 0 Å². The van der Waals surface area contributed by atoms with Gasteiger partial charge in [-0.15, -0.1) is 12.4 Å². The summed E-state index contributed by atoms with van der Waals surface area (Å²) in [5.41, 5.74) is 8.77. The van der Waals surface area contributed by atoms with E-state index >= 15 is 0 Å². The molecule has 70 valence electrons. The Morgan fingerprint density at radius 2 is 2.23 bits per heavy atom. The summed E-state index contributed by atoms with van der Waals surface area (Å²) in [6, 6.07) is 6.03. The van der Waals surface area contributed by atoms with Gasteiger partial charge < -0.3 is 10.1 Å². The molecule has 0 fully saturated rings. The maximum Gasteiger partial charge on any atom is 0.137 e. The zero-order chi connectivity index (χ0) is 8.55. The monoisotopic (exact) mass is 197 g/mol. The molecule has 0 aromatic carbocycles. The Hall–Kier alpha value is -1.06. The highest BCUT2D eigenvalue weighted by atomic mass is 35.5. The normalized spacial score (nSPS) is 10.0. The van der Waals surface area contributed by atoms with Crippen molar-refractivity contribution in [1.82, 2.24) is 9.38 Å². The maximum atomic E-state index is 5.57. The van der Waals surface area contributed by atoms with Gasteiger partial charge in [-0.2, -0.15) is 0 Å². The van der Waals surface area contributed by atoms with Gasteiger partial charge in [-0.25, -0.2) is 4.98 Å².